The topological polar surface area (TPSA) is 88.6 Å². The third-order valence-electron chi connectivity index (χ3n) is 6.54. The summed E-state index contributed by atoms with van der Waals surface area (Å²) in [5, 5.41) is 10.2. The van der Waals surface area contributed by atoms with Crippen molar-refractivity contribution in [3.05, 3.63) is 88.1 Å². The SMILES string of the molecule is COCCN1C(N)=C(C#N)[C@H](c2ccccc2OCc2ccc(F)cc2)C2=C1CC(C)(C)CC2=O. The van der Waals surface area contributed by atoms with Crippen LogP contribution in [0.4, 0.5) is 4.39 Å². The first-order valence-corrected chi connectivity index (χ1v) is 11.6. The van der Waals surface area contributed by atoms with Crippen molar-refractivity contribution in [3.8, 4) is 11.8 Å². The van der Waals surface area contributed by atoms with Crippen LogP contribution in [-0.2, 0) is 16.1 Å². The van der Waals surface area contributed by atoms with Crippen molar-refractivity contribution in [2.45, 2.75) is 39.2 Å². The summed E-state index contributed by atoms with van der Waals surface area (Å²) in [7, 11) is 1.61. The summed E-state index contributed by atoms with van der Waals surface area (Å²) in [6, 6.07) is 15.8. The van der Waals surface area contributed by atoms with E-state index in [9.17, 15) is 14.4 Å². The highest BCUT2D eigenvalue weighted by molar-refractivity contribution is 6.00. The largest absolute Gasteiger partial charge is 0.489 e. The molecule has 2 aromatic rings. The molecule has 4 rings (SSSR count). The summed E-state index contributed by atoms with van der Waals surface area (Å²) in [6.45, 7) is 5.21. The Hall–Kier alpha value is -3.63. The number of hydrogen-bond acceptors (Lipinski definition) is 6. The normalized spacial score (nSPS) is 19.5. The summed E-state index contributed by atoms with van der Waals surface area (Å²) in [5.74, 6) is -0.0322. The van der Waals surface area contributed by atoms with Crippen LogP contribution in [-0.4, -0.2) is 30.9 Å². The second-order valence-corrected chi connectivity index (χ2v) is 9.74. The summed E-state index contributed by atoms with van der Waals surface area (Å²) < 4.78 is 24.7. The van der Waals surface area contributed by atoms with Gasteiger partial charge in [-0.25, -0.2) is 4.39 Å². The second kappa shape index (κ2) is 9.93. The van der Waals surface area contributed by atoms with Gasteiger partial charge in [0.15, 0.2) is 5.78 Å². The Morgan fingerprint density at radius 1 is 1.17 bits per heavy atom. The summed E-state index contributed by atoms with van der Waals surface area (Å²) >= 11 is 0. The number of benzene rings is 2. The molecule has 0 radical (unpaired) electrons. The monoisotopic (exact) mass is 475 g/mol. The zero-order valence-electron chi connectivity index (χ0n) is 20.3. The average Bonchev–Trinajstić information content (AvgIpc) is 2.82. The van der Waals surface area contributed by atoms with Gasteiger partial charge in [-0.15, -0.1) is 0 Å². The molecule has 0 fully saturated rings. The van der Waals surface area contributed by atoms with Crippen molar-refractivity contribution < 1.29 is 18.7 Å². The third kappa shape index (κ3) is 4.94. The molecule has 6 nitrogen and oxygen atoms in total. The Balaban J connectivity index is 1.80. The molecule has 0 saturated carbocycles. The number of allylic oxidation sites excluding steroid dienone is 3. The van der Waals surface area contributed by atoms with E-state index in [1.54, 1.807) is 19.2 Å². The molecule has 1 aliphatic carbocycles. The van der Waals surface area contributed by atoms with Crippen LogP contribution in [0.5, 0.6) is 5.75 Å². The van der Waals surface area contributed by atoms with Gasteiger partial charge in [0.2, 0.25) is 0 Å². The number of rotatable bonds is 7. The molecule has 0 spiro atoms. The molecule has 2 N–H and O–H groups in total. The maximum Gasteiger partial charge on any atom is 0.162 e. The maximum absolute atomic E-state index is 13.6. The van der Waals surface area contributed by atoms with Gasteiger partial charge in [0.1, 0.15) is 24.0 Å². The lowest BCUT2D eigenvalue weighted by atomic mass is 9.68. The summed E-state index contributed by atoms with van der Waals surface area (Å²) in [4.78, 5) is 15.4. The lowest BCUT2D eigenvalue weighted by molar-refractivity contribution is -0.118. The van der Waals surface area contributed by atoms with Crippen LogP contribution in [0.3, 0.4) is 0 Å². The van der Waals surface area contributed by atoms with E-state index < -0.39 is 5.92 Å². The van der Waals surface area contributed by atoms with Crippen molar-refractivity contribution in [1.29, 1.82) is 5.26 Å². The Bertz CT molecular complexity index is 1220. The Morgan fingerprint density at radius 2 is 1.89 bits per heavy atom. The molecule has 1 aliphatic heterocycles. The maximum atomic E-state index is 13.6. The fourth-order valence-electron chi connectivity index (χ4n) is 4.92. The van der Waals surface area contributed by atoms with E-state index in [0.717, 1.165) is 11.3 Å². The minimum atomic E-state index is -0.623. The predicted molar refractivity (Wildman–Crippen MR) is 130 cm³/mol. The van der Waals surface area contributed by atoms with Gasteiger partial charge in [-0.05, 0) is 35.6 Å². The number of Topliss-reactive ketones (excluding diaryl/α,β-unsaturated/α-hetero) is 1. The molecule has 1 heterocycles. The average molecular weight is 476 g/mol. The Morgan fingerprint density at radius 3 is 2.57 bits per heavy atom. The van der Waals surface area contributed by atoms with Crippen LogP contribution >= 0.6 is 0 Å². The predicted octanol–water partition coefficient (Wildman–Crippen LogP) is 4.79. The minimum Gasteiger partial charge on any atom is -0.489 e. The number of hydrogen-bond donors (Lipinski definition) is 1. The fraction of sp³-hybridized carbons (Fsp3) is 0.357. The molecule has 0 amide bonds. The Labute approximate surface area is 205 Å². The smallest absolute Gasteiger partial charge is 0.162 e. The molecule has 0 aromatic heterocycles. The van der Waals surface area contributed by atoms with Gasteiger partial charge in [0, 0.05) is 36.9 Å². The van der Waals surface area contributed by atoms with E-state index in [1.807, 2.05) is 29.2 Å². The lowest BCUT2D eigenvalue weighted by Gasteiger charge is -2.44. The van der Waals surface area contributed by atoms with Crippen molar-refractivity contribution >= 4 is 5.78 Å². The number of carbonyl (C=O) groups excluding carboxylic acids is 1. The molecule has 182 valence electrons. The number of nitrogens with two attached hydrogens (primary N) is 1. The first-order valence-electron chi connectivity index (χ1n) is 11.6. The van der Waals surface area contributed by atoms with Gasteiger partial charge in [-0.1, -0.05) is 44.2 Å². The van der Waals surface area contributed by atoms with Crippen LogP contribution in [0.15, 0.2) is 71.2 Å². The van der Waals surface area contributed by atoms with Crippen LogP contribution in [0.25, 0.3) is 0 Å². The first-order chi connectivity index (χ1) is 16.8. The van der Waals surface area contributed by atoms with Crippen LogP contribution in [0, 0.1) is 22.6 Å². The Kier molecular flexibility index (Phi) is 6.95. The second-order valence-electron chi connectivity index (χ2n) is 9.74. The van der Waals surface area contributed by atoms with E-state index in [4.69, 9.17) is 15.2 Å². The number of carbonyl (C=O) groups is 1. The summed E-state index contributed by atoms with van der Waals surface area (Å²) in [5.41, 5.74) is 9.64. The van der Waals surface area contributed by atoms with E-state index >= 15 is 0 Å². The van der Waals surface area contributed by atoms with Gasteiger partial charge >= 0.3 is 0 Å². The molecular formula is C28H30FN3O3. The van der Waals surface area contributed by atoms with Crippen LogP contribution in [0.1, 0.15) is 43.7 Å². The zero-order chi connectivity index (χ0) is 25.2. The minimum absolute atomic E-state index is 0.0113. The zero-order valence-corrected chi connectivity index (χ0v) is 20.3. The van der Waals surface area contributed by atoms with Crippen molar-refractivity contribution in [3.63, 3.8) is 0 Å². The van der Waals surface area contributed by atoms with E-state index in [-0.39, 0.29) is 23.6 Å². The number of halogens is 1. The molecule has 7 heteroatoms. The van der Waals surface area contributed by atoms with Crippen LogP contribution < -0.4 is 10.5 Å². The number of methoxy groups -OCH3 is 1. The summed E-state index contributed by atoms with van der Waals surface area (Å²) in [6.07, 6.45) is 1.05. The van der Waals surface area contributed by atoms with E-state index in [1.165, 1.54) is 12.1 Å². The van der Waals surface area contributed by atoms with Gasteiger partial charge in [0.25, 0.3) is 0 Å². The quantitative estimate of drug-likeness (QED) is 0.620. The van der Waals surface area contributed by atoms with Crippen molar-refractivity contribution in [1.82, 2.24) is 4.90 Å². The number of ketones is 1. The van der Waals surface area contributed by atoms with Gasteiger partial charge < -0.3 is 20.1 Å². The van der Waals surface area contributed by atoms with Gasteiger partial charge in [-0.3, -0.25) is 4.79 Å². The number of ether oxygens (including phenoxy) is 2. The van der Waals surface area contributed by atoms with E-state index in [2.05, 4.69) is 19.9 Å². The van der Waals surface area contributed by atoms with E-state index in [0.29, 0.717) is 54.3 Å². The van der Waals surface area contributed by atoms with Crippen molar-refractivity contribution in [2.75, 3.05) is 20.3 Å². The standard InChI is InChI=1S/C28H30FN3O3/c1-28(2)14-22-26(23(33)15-28)25(21(16-30)27(31)32(22)12-13-34-3)20-6-4-5-7-24(20)35-17-18-8-10-19(29)11-9-18/h4-11,25H,12-15,17,31H2,1-3H3/t25-/m0/s1. The lowest BCUT2D eigenvalue weighted by Crippen LogP contribution is -2.43. The number of nitriles is 1. The molecule has 35 heavy (non-hydrogen) atoms. The molecule has 0 saturated heterocycles. The van der Waals surface area contributed by atoms with Gasteiger partial charge in [0.05, 0.1) is 24.2 Å². The highest BCUT2D eigenvalue weighted by Crippen LogP contribution is 2.50. The molecule has 1 atom stereocenters. The fourth-order valence-corrected chi connectivity index (χ4v) is 4.92. The number of para-hydroxylation sites is 1. The molecule has 0 unspecified atom stereocenters. The molecule has 0 bridgehead atoms. The van der Waals surface area contributed by atoms with Gasteiger partial charge in [-0.2, -0.15) is 5.26 Å². The van der Waals surface area contributed by atoms with Crippen LogP contribution in [0.2, 0.25) is 0 Å². The van der Waals surface area contributed by atoms with Crippen molar-refractivity contribution in [2.24, 2.45) is 11.1 Å². The highest BCUT2D eigenvalue weighted by Gasteiger charge is 2.44. The molecule has 2 aliphatic rings. The third-order valence-corrected chi connectivity index (χ3v) is 6.54. The first kappa shape index (κ1) is 24.5. The number of nitrogens with zero attached hydrogens (tertiary/aromatic N) is 2. The molecule has 2 aromatic carbocycles. The molecular weight excluding hydrogens is 445 g/mol. The highest BCUT2D eigenvalue weighted by atomic mass is 19.1.